The molecule has 0 fully saturated rings. The molecule has 24 heavy (non-hydrogen) atoms. The molecule has 0 atom stereocenters. The van der Waals surface area contributed by atoms with Gasteiger partial charge >= 0.3 is 5.97 Å². The Bertz CT molecular complexity index is 1180. The van der Waals surface area contributed by atoms with Gasteiger partial charge < -0.3 is 9.67 Å². The molecule has 0 saturated heterocycles. The molecule has 0 amide bonds. The number of hydrogen-bond acceptors (Lipinski definition) is 1. The normalized spacial score (nSPS) is 11.3. The summed E-state index contributed by atoms with van der Waals surface area (Å²) in [5, 5.41) is 16.2. The SMILES string of the molecule is C=c1cc(C)c(=C)c2c(c1)c(=C)c1c(C)n(CC(=O)O)c(C)cc12. The van der Waals surface area contributed by atoms with Crippen molar-refractivity contribution in [1.82, 2.24) is 4.57 Å². The first kappa shape index (κ1) is 16.1. The summed E-state index contributed by atoms with van der Waals surface area (Å²) >= 11 is 0. The molecule has 0 saturated carbocycles. The lowest BCUT2D eigenvalue weighted by Gasteiger charge is -2.14. The highest BCUT2D eigenvalue weighted by atomic mass is 16.4. The summed E-state index contributed by atoms with van der Waals surface area (Å²) in [6.07, 6.45) is 0. The first-order valence-corrected chi connectivity index (χ1v) is 7.84. The summed E-state index contributed by atoms with van der Waals surface area (Å²) in [4.78, 5) is 11.2. The molecular weight excluding hydrogens is 298 g/mol. The van der Waals surface area contributed by atoms with Crippen molar-refractivity contribution < 1.29 is 9.90 Å². The third kappa shape index (κ3) is 2.24. The molecule has 0 spiro atoms. The zero-order valence-electron chi connectivity index (χ0n) is 14.4. The minimum Gasteiger partial charge on any atom is -0.480 e. The Hall–Kier alpha value is -2.81. The molecule has 0 unspecified atom stereocenters. The quantitative estimate of drug-likeness (QED) is 0.788. The molecule has 0 aliphatic heterocycles. The van der Waals surface area contributed by atoms with Gasteiger partial charge in [-0.05, 0) is 70.3 Å². The average molecular weight is 319 g/mol. The Morgan fingerprint density at radius 1 is 1.00 bits per heavy atom. The maximum absolute atomic E-state index is 11.2. The Balaban J connectivity index is 2.66. The second kappa shape index (κ2) is 5.38. The summed E-state index contributed by atoms with van der Waals surface area (Å²) in [7, 11) is 0. The fourth-order valence-electron chi connectivity index (χ4n) is 3.61. The zero-order valence-corrected chi connectivity index (χ0v) is 14.4. The molecule has 3 heteroatoms. The summed E-state index contributed by atoms with van der Waals surface area (Å²) in [6.45, 7) is 18.5. The molecule has 0 radical (unpaired) electrons. The lowest BCUT2D eigenvalue weighted by molar-refractivity contribution is -0.137. The lowest BCUT2D eigenvalue weighted by atomic mass is 10.1. The Kier molecular flexibility index (Phi) is 3.60. The van der Waals surface area contributed by atoms with Gasteiger partial charge in [0.05, 0.1) is 0 Å². The van der Waals surface area contributed by atoms with E-state index in [-0.39, 0.29) is 6.54 Å². The van der Waals surface area contributed by atoms with Gasteiger partial charge in [0.25, 0.3) is 0 Å². The minimum atomic E-state index is -0.854. The molecule has 1 heterocycles. The maximum Gasteiger partial charge on any atom is 0.323 e. The zero-order chi connectivity index (χ0) is 17.8. The monoisotopic (exact) mass is 319 g/mol. The summed E-state index contributed by atoms with van der Waals surface area (Å²) < 4.78 is 1.82. The van der Waals surface area contributed by atoms with Crippen LogP contribution in [0.5, 0.6) is 0 Å². The van der Waals surface area contributed by atoms with Crippen LogP contribution < -0.4 is 15.7 Å². The second-order valence-corrected chi connectivity index (χ2v) is 6.43. The number of hydrogen-bond donors (Lipinski definition) is 1. The molecule has 122 valence electrons. The average Bonchev–Trinajstić information content (AvgIpc) is 2.67. The number of pyridine rings is 1. The van der Waals surface area contributed by atoms with Crippen molar-refractivity contribution in [2.75, 3.05) is 0 Å². The second-order valence-electron chi connectivity index (χ2n) is 6.43. The van der Waals surface area contributed by atoms with E-state index in [1.54, 1.807) is 0 Å². The number of aromatic nitrogens is 1. The molecule has 3 aromatic rings. The molecule has 1 aromatic heterocycles. The van der Waals surface area contributed by atoms with Crippen LogP contribution in [-0.2, 0) is 11.3 Å². The van der Waals surface area contributed by atoms with E-state index in [0.717, 1.165) is 54.2 Å². The summed E-state index contributed by atoms with van der Waals surface area (Å²) in [6, 6.07) is 6.11. The number of aryl methyl sites for hydroxylation is 3. The van der Waals surface area contributed by atoms with Crippen molar-refractivity contribution in [1.29, 1.82) is 0 Å². The summed E-state index contributed by atoms with van der Waals surface area (Å²) in [5.41, 5.74) is 2.91. The van der Waals surface area contributed by atoms with Gasteiger partial charge in [-0.1, -0.05) is 25.8 Å². The number of fused-ring (bicyclic) bond motifs is 3. The van der Waals surface area contributed by atoms with E-state index in [0.29, 0.717) is 0 Å². The van der Waals surface area contributed by atoms with E-state index in [4.69, 9.17) is 0 Å². The Morgan fingerprint density at radius 2 is 1.67 bits per heavy atom. The smallest absolute Gasteiger partial charge is 0.323 e. The first-order valence-electron chi connectivity index (χ1n) is 7.84. The van der Waals surface area contributed by atoms with Crippen LogP contribution in [0.15, 0.2) is 18.2 Å². The van der Waals surface area contributed by atoms with Gasteiger partial charge in [0, 0.05) is 16.8 Å². The van der Waals surface area contributed by atoms with Crippen LogP contribution in [0.1, 0.15) is 17.0 Å². The minimum absolute atomic E-state index is 0.0564. The van der Waals surface area contributed by atoms with E-state index in [1.807, 2.05) is 43.5 Å². The van der Waals surface area contributed by atoms with Crippen molar-refractivity contribution in [3.8, 4) is 0 Å². The van der Waals surface area contributed by atoms with Crippen LogP contribution in [0.25, 0.3) is 41.3 Å². The van der Waals surface area contributed by atoms with Crippen molar-refractivity contribution in [2.24, 2.45) is 0 Å². The molecular formula is C21H21NO2. The van der Waals surface area contributed by atoms with Gasteiger partial charge in [-0.15, -0.1) is 0 Å². The van der Waals surface area contributed by atoms with Crippen LogP contribution in [-0.4, -0.2) is 15.6 Å². The van der Waals surface area contributed by atoms with Gasteiger partial charge in [0.15, 0.2) is 0 Å². The molecule has 3 nitrogen and oxygen atoms in total. The molecule has 0 aliphatic rings. The molecule has 1 N–H and O–H groups in total. The number of rotatable bonds is 2. The van der Waals surface area contributed by atoms with Crippen LogP contribution >= 0.6 is 0 Å². The molecule has 2 aromatic carbocycles. The summed E-state index contributed by atoms with van der Waals surface area (Å²) in [5.74, 6) is -0.854. The van der Waals surface area contributed by atoms with Crippen LogP contribution in [0.4, 0.5) is 0 Å². The van der Waals surface area contributed by atoms with Crippen LogP contribution in [0, 0.1) is 20.8 Å². The van der Waals surface area contributed by atoms with E-state index in [1.165, 1.54) is 0 Å². The van der Waals surface area contributed by atoms with Crippen molar-refractivity contribution in [3.63, 3.8) is 0 Å². The number of carbonyl (C=O) groups is 1. The highest BCUT2D eigenvalue weighted by Gasteiger charge is 2.14. The Labute approximate surface area is 140 Å². The third-order valence-corrected chi connectivity index (χ3v) is 4.78. The van der Waals surface area contributed by atoms with Crippen LogP contribution in [0.3, 0.4) is 0 Å². The largest absolute Gasteiger partial charge is 0.480 e. The molecule has 3 rings (SSSR count). The fraction of sp³-hybridized carbons (Fsp3) is 0.190. The van der Waals surface area contributed by atoms with Gasteiger partial charge in [-0.2, -0.15) is 0 Å². The van der Waals surface area contributed by atoms with Crippen molar-refractivity contribution in [2.45, 2.75) is 27.3 Å². The number of aliphatic carboxylic acids is 1. The van der Waals surface area contributed by atoms with Crippen molar-refractivity contribution in [3.05, 3.63) is 50.8 Å². The maximum atomic E-state index is 11.2. The van der Waals surface area contributed by atoms with Gasteiger partial charge in [0.2, 0.25) is 0 Å². The third-order valence-electron chi connectivity index (χ3n) is 4.78. The predicted octanol–water partition coefficient (Wildman–Crippen LogP) is 2.32. The Morgan fingerprint density at radius 3 is 2.29 bits per heavy atom. The molecule has 0 aliphatic carbocycles. The van der Waals surface area contributed by atoms with E-state index in [9.17, 15) is 9.90 Å². The predicted molar refractivity (Wildman–Crippen MR) is 101 cm³/mol. The number of carboxylic acid groups (broad SMARTS) is 1. The standard InChI is InChI=1S/C21H21NO2/c1-11-7-12(2)14(4)21-17(8-11)15(5)20-16(6)22(10-19(23)24)13(3)9-18(20)21/h7-9H,1,4-5,10H2,2-3,6H3,(H,23,24). The van der Waals surface area contributed by atoms with Gasteiger partial charge in [-0.3, -0.25) is 4.79 Å². The van der Waals surface area contributed by atoms with Crippen molar-refractivity contribution >= 4 is 47.3 Å². The highest BCUT2D eigenvalue weighted by Crippen LogP contribution is 2.25. The number of carboxylic acids is 1. The fourth-order valence-corrected chi connectivity index (χ4v) is 3.61. The first-order chi connectivity index (χ1) is 11.2. The number of nitrogens with zero attached hydrogens (tertiary/aromatic N) is 1. The van der Waals surface area contributed by atoms with E-state index < -0.39 is 5.97 Å². The highest BCUT2D eigenvalue weighted by molar-refractivity contribution is 6.13. The lowest BCUT2D eigenvalue weighted by Crippen LogP contribution is -2.16. The van der Waals surface area contributed by atoms with Gasteiger partial charge in [0.1, 0.15) is 6.54 Å². The van der Waals surface area contributed by atoms with E-state index in [2.05, 4.69) is 19.7 Å². The molecule has 0 bridgehead atoms. The topological polar surface area (TPSA) is 42.2 Å². The van der Waals surface area contributed by atoms with Crippen LogP contribution in [0.2, 0.25) is 0 Å². The van der Waals surface area contributed by atoms with Gasteiger partial charge in [-0.25, -0.2) is 0 Å². The van der Waals surface area contributed by atoms with E-state index >= 15 is 0 Å².